The minimum absolute atomic E-state index is 0.0583. The SMILES string of the molecule is COc1ncccc1C1(N2C[C@H](O)C[C@H]2C(=O)N(C)C)C(=O)N(S(=O)(=O)c2ccccn2)c2ccc(C)cc21.O=C(O)/C=C/C(=O)O. The Morgan fingerprint density at radius 3 is 2.23 bits per heavy atom. The zero-order valence-corrected chi connectivity index (χ0v) is 26.7. The van der Waals surface area contributed by atoms with Gasteiger partial charge in [0.25, 0.3) is 15.9 Å². The van der Waals surface area contributed by atoms with Crippen LogP contribution in [0.4, 0.5) is 5.69 Å². The Morgan fingerprint density at radius 2 is 1.66 bits per heavy atom. The lowest BCUT2D eigenvalue weighted by Crippen LogP contribution is -2.59. The first-order valence-electron chi connectivity index (χ1n) is 14.1. The topological polar surface area (TPSA) is 208 Å². The van der Waals surface area contributed by atoms with Gasteiger partial charge in [0, 0.05) is 56.3 Å². The van der Waals surface area contributed by atoms with Gasteiger partial charge in [0.15, 0.2) is 10.6 Å². The standard InChI is InChI=1S/C27H29N5O6S.C4H4O4/c1-17-10-11-21-20(14-17)27(19-8-7-13-29-24(19)38-4,31-16-18(33)15-22(31)25(34)30(2)3)26(35)32(21)39(36,37)23-9-5-6-12-28-23;5-3(6)1-2-4(7)8/h5-14,18,22,33H,15-16H2,1-4H3;1-2H,(H,5,6)(H,7,8)/b;2-1+/t18-,22+,27?;/m1./s1. The van der Waals surface area contributed by atoms with Gasteiger partial charge in [-0.05, 0) is 43.7 Å². The second kappa shape index (κ2) is 13.7. The number of amides is 2. The van der Waals surface area contributed by atoms with E-state index < -0.39 is 45.6 Å². The first kappa shape index (κ1) is 34.7. The van der Waals surface area contributed by atoms with Crippen LogP contribution in [-0.2, 0) is 34.7 Å². The molecule has 1 aromatic carbocycles. The number of benzene rings is 1. The number of rotatable bonds is 8. The van der Waals surface area contributed by atoms with Crippen LogP contribution in [0.25, 0.3) is 0 Å². The summed E-state index contributed by atoms with van der Waals surface area (Å²) in [4.78, 5) is 58.8. The molecule has 2 aliphatic heterocycles. The van der Waals surface area contributed by atoms with Crippen molar-refractivity contribution in [3.63, 3.8) is 0 Å². The zero-order valence-electron chi connectivity index (χ0n) is 25.8. The first-order valence-corrected chi connectivity index (χ1v) is 15.5. The molecule has 0 bridgehead atoms. The van der Waals surface area contributed by atoms with Gasteiger partial charge in [-0.25, -0.2) is 19.6 Å². The lowest BCUT2D eigenvalue weighted by Gasteiger charge is -2.41. The molecule has 16 heteroatoms. The van der Waals surface area contributed by atoms with Crippen molar-refractivity contribution in [2.75, 3.05) is 32.1 Å². The Kier molecular flexibility index (Phi) is 10.1. The summed E-state index contributed by atoms with van der Waals surface area (Å²) in [5.41, 5.74) is -0.380. The fraction of sp³-hybridized carbons (Fsp3) is 0.290. The number of sulfonamides is 1. The summed E-state index contributed by atoms with van der Waals surface area (Å²) >= 11 is 0. The van der Waals surface area contributed by atoms with E-state index in [2.05, 4.69) is 9.97 Å². The Bertz CT molecular complexity index is 1820. The van der Waals surface area contributed by atoms with Crippen LogP contribution in [0.2, 0.25) is 0 Å². The smallest absolute Gasteiger partial charge is 0.328 e. The molecule has 4 heterocycles. The molecule has 2 aromatic heterocycles. The van der Waals surface area contributed by atoms with E-state index in [1.165, 1.54) is 36.5 Å². The van der Waals surface area contributed by atoms with Crippen molar-refractivity contribution in [2.24, 2.45) is 0 Å². The third-order valence-electron chi connectivity index (χ3n) is 7.56. The van der Waals surface area contributed by atoms with Crippen LogP contribution in [0.1, 0.15) is 23.1 Å². The van der Waals surface area contributed by atoms with Gasteiger partial charge in [-0.15, -0.1) is 0 Å². The molecule has 1 saturated heterocycles. The molecule has 5 rings (SSSR count). The average Bonchev–Trinajstić information content (AvgIpc) is 3.54. The number of aliphatic hydroxyl groups is 1. The quantitative estimate of drug-likeness (QED) is 0.287. The van der Waals surface area contributed by atoms with Gasteiger partial charge in [-0.2, -0.15) is 12.7 Å². The highest BCUT2D eigenvalue weighted by molar-refractivity contribution is 7.93. The zero-order chi connectivity index (χ0) is 34.7. The number of likely N-dealkylation sites (tertiary alicyclic amines) is 1. The predicted molar refractivity (Wildman–Crippen MR) is 166 cm³/mol. The maximum atomic E-state index is 14.9. The number of carbonyl (C=O) groups excluding carboxylic acids is 2. The number of aromatic nitrogens is 2. The molecule has 3 N–H and O–H groups in total. The van der Waals surface area contributed by atoms with Crippen molar-refractivity contribution in [3.8, 4) is 5.88 Å². The highest BCUT2D eigenvalue weighted by Crippen LogP contribution is 2.54. The van der Waals surface area contributed by atoms with E-state index in [4.69, 9.17) is 14.9 Å². The van der Waals surface area contributed by atoms with Crippen LogP contribution >= 0.6 is 0 Å². The van der Waals surface area contributed by atoms with Gasteiger partial charge in [0.2, 0.25) is 11.8 Å². The van der Waals surface area contributed by atoms with Crippen molar-refractivity contribution in [1.82, 2.24) is 19.8 Å². The van der Waals surface area contributed by atoms with Crippen LogP contribution in [0.5, 0.6) is 5.88 Å². The van der Waals surface area contributed by atoms with Crippen molar-refractivity contribution >= 4 is 39.5 Å². The van der Waals surface area contributed by atoms with E-state index in [1.54, 1.807) is 55.4 Å². The first-order chi connectivity index (χ1) is 22.2. The molecule has 0 aliphatic carbocycles. The van der Waals surface area contributed by atoms with Gasteiger partial charge in [0.05, 0.1) is 24.9 Å². The average molecular weight is 668 g/mol. The molecule has 2 amide bonds. The number of aryl methyl sites for hydroxylation is 1. The van der Waals surface area contributed by atoms with Crippen LogP contribution < -0.4 is 9.04 Å². The lowest BCUT2D eigenvalue weighted by atomic mass is 9.81. The number of aliphatic hydroxyl groups excluding tert-OH is 1. The number of pyridine rings is 2. The van der Waals surface area contributed by atoms with Gasteiger partial charge >= 0.3 is 11.9 Å². The van der Waals surface area contributed by atoms with Crippen LogP contribution in [0.15, 0.2) is 78.1 Å². The van der Waals surface area contributed by atoms with Crippen molar-refractivity contribution in [3.05, 3.63) is 89.8 Å². The van der Waals surface area contributed by atoms with Crippen LogP contribution in [-0.4, -0.2) is 107 Å². The molecule has 0 saturated carbocycles. The Labute approximate surface area is 270 Å². The van der Waals surface area contributed by atoms with Crippen LogP contribution in [0.3, 0.4) is 0 Å². The lowest BCUT2D eigenvalue weighted by molar-refractivity contribution is -0.138. The van der Waals surface area contributed by atoms with Crippen LogP contribution in [0, 0.1) is 6.92 Å². The van der Waals surface area contributed by atoms with Gasteiger partial charge in [-0.1, -0.05) is 23.8 Å². The third-order valence-corrected chi connectivity index (χ3v) is 9.17. The summed E-state index contributed by atoms with van der Waals surface area (Å²) in [6.07, 6.45) is 3.06. The van der Waals surface area contributed by atoms with Gasteiger partial charge in [-0.3, -0.25) is 14.5 Å². The number of ether oxygens (including phenoxy) is 1. The Morgan fingerprint density at radius 1 is 1.00 bits per heavy atom. The summed E-state index contributed by atoms with van der Waals surface area (Å²) in [7, 11) is 0.104. The summed E-state index contributed by atoms with van der Waals surface area (Å²) < 4.78 is 34.4. The number of methoxy groups -OCH3 is 1. The van der Waals surface area contributed by atoms with Crippen molar-refractivity contribution in [2.45, 2.75) is 36.1 Å². The maximum Gasteiger partial charge on any atom is 0.328 e. The summed E-state index contributed by atoms with van der Waals surface area (Å²) in [6.45, 7) is 1.76. The fourth-order valence-electron chi connectivity index (χ4n) is 5.70. The number of hydrogen-bond donors (Lipinski definition) is 3. The molecule has 0 spiro atoms. The number of hydrogen-bond acceptors (Lipinski definition) is 11. The molecule has 248 valence electrons. The molecule has 3 aromatic rings. The predicted octanol–water partition coefficient (Wildman–Crippen LogP) is 1.01. The number of carboxylic acids is 2. The van der Waals surface area contributed by atoms with Gasteiger partial charge < -0.3 is 25.0 Å². The largest absolute Gasteiger partial charge is 0.481 e. The molecule has 15 nitrogen and oxygen atoms in total. The van der Waals surface area contributed by atoms with E-state index in [0.717, 1.165) is 9.87 Å². The number of likely N-dealkylation sites (N-methyl/N-ethyl adjacent to an activating group) is 1. The number of anilines is 1. The molecule has 1 fully saturated rings. The number of nitrogens with zero attached hydrogens (tertiary/aromatic N) is 5. The summed E-state index contributed by atoms with van der Waals surface area (Å²) in [6, 6.07) is 11.8. The minimum Gasteiger partial charge on any atom is -0.481 e. The van der Waals surface area contributed by atoms with Gasteiger partial charge in [0.1, 0.15) is 0 Å². The Hall–Kier alpha value is -5.19. The van der Waals surface area contributed by atoms with Crippen molar-refractivity contribution in [1.29, 1.82) is 0 Å². The highest BCUT2D eigenvalue weighted by Gasteiger charge is 2.64. The molecule has 2 aliphatic rings. The highest BCUT2D eigenvalue weighted by atomic mass is 32.2. The normalized spacial score (nSPS) is 20.8. The second-order valence-corrected chi connectivity index (χ2v) is 12.6. The number of fused-ring (bicyclic) bond motifs is 1. The molecule has 1 unspecified atom stereocenters. The monoisotopic (exact) mass is 667 g/mol. The van der Waals surface area contributed by atoms with E-state index >= 15 is 0 Å². The summed E-state index contributed by atoms with van der Waals surface area (Å²) in [5, 5.41) is 26.1. The number of carbonyl (C=O) groups is 4. The Balaban J connectivity index is 0.000000555. The number of β-amino-alcohol motifs (C(OH)–C–C–N with tert-alkyl or cyclic N) is 1. The van der Waals surface area contributed by atoms with E-state index in [0.29, 0.717) is 17.7 Å². The minimum atomic E-state index is -4.48. The molecule has 0 radical (unpaired) electrons. The summed E-state index contributed by atoms with van der Waals surface area (Å²) in [5.74, 6) is -3.60. The third kappa shape index (κ3) is 6.43. The number of carboxylic acid groups (broad SMARTS) is 2. The van der Waals surface area contributed by atoms with E-state index in [1.807, 2.05) is 6.92 Å². The second-order valence-electron chi connectivity index (χ2n) is 10.8. The molecule has 47 heavy (non-hydrogen) atoms. The molecular formula is C31H33N5O10S. The van der Waals surface area contributed by atoms with E-state index in [-0.39, 0.29) is 41.0 Å². The van der Waals surface area contributed by atoms with E-state index in [9.17, 15) is 32.7 Å². The molecular weight excluding hydrogens is 634 g/mol. The molecule has 3 atom stereocenters. The maximum absolute atomic E-state index is 14.9. The fourth-order valence-corrected chi connectivity index (χ4v) is 7.10. The number of aliphatic carboxylic acids is 2. The van der Waals surface area contributed by atoms with Crippen molar-refractivity contribution < 1.29 is 47.7 Å².